The molecule has 1 aliphatic rings. The summed E-state index contributed by atoms with van der Waals surface area (Å²) in [5, 5.41) is 7.98. The summed E-state index contributed by atoms with van der Waals surface area (Å²) < 4.78 is 1.73. The Labute approximate surface area is 83.9 Å². The zero-order valence-corrected chi connectivity index (χ0v) is 8.72. The number of hydrogen-bond donors (Lipinski definition) is 1. The van der Waals surface area contributed by atoms with E-state index in [9.17, 15) is 0 Å². The monoisotopic (exact) mass is 195 g/mol. The number of nitrogens with zero attached hydrogens (tertiary/aromatic N) is 4. The lowest BCUT2D eigenvalue weighted by atomic mass is 10.2. The lowest BCUT2D eigenvalue weighted by Crippen LogP contribution is -2.29. The summed E-state index contributed by atoms with van der Waals surface area (Å²) >= 11 is 0. The van der Waals surface area contributed by atoms with E-state index in [1.165, 1.54) is 0 Å². The number of nitrogens with two attached hydrogens (primary N) is 1. The molecule has 1 aliphatic heterocycles. The van der Waals surface area contributed by atoms with Crippen LogP contribution in [0.1, 0.15) is 19.0 Å². The molecule has 0 aromatic carbocycles. The second-order valence-corrected chi connectivity index (χ2v) is 4.16. The second kappa shape index (κ2) is 3.67. The van der Waals surface area contributed by atoms with Crippen molar-refractivity contribution >= 4 is 0 Å². The van der Waals surface area contributed by atoms with E-state index in [1.807, 2.05) is 13.2 Å². The second-order valence-electron chi connectivity index (χ2n) is 4.16. The Kier molecular flexibility index (Phi) is 2.52. The zero-order valence-electron chi connectivity index (χ0n) is 8.72. The van der Waals surface area contributed by atoms with E-state index >= 15 is 0 Å². The van der Waals surface area contributed by atoms with Crippen molar-refractivity contribution in [3.8, 4) is 0 Å². The van der Waals surface area contributed by atoms with Crippen LogP contribution >= 0.6 is 0 Å². The minimum atomic E-state index is 0.321. The van der Waals surface area contributed by atoms with Gasteiger partial charge in [-0.25, -0.2) is 0 Å². The van der Waals surface area contributed by atoms with Gasteiger partial charge in [-0.05, 0) is 13.3 Å². The molecule has 1 fully saturated rings. The molecule has 2 N–H and O–H groups in total. The molecule has 0 radical (unpaired) electrons. The van der Waals surface area contributed by atoms with Gasteiger partial charge in [-0.3, -0.25) is 9.58 Å². The molecule has 1 aromatic heterocycles. The molecule has 2 heterocycles. The minimum Gasteiger partial charge on any atom is -0.326 e. The number of likely N-dealkylation sites (tertiary alicyclic amines) is 1. The quantitative estimate of drug-likeness (QED) is 0.706. The summed E-state index contributed by atoms with van der Waals surface area (Å²) in [7, 11) is 1.88. The molecular formula is C9H17N5. The minimum absolute atomic E-state index is 0.321. The average molecular weight is 195 g/mol. The van der Waals surface area contributed by atoms with Crippen molar-refractivity contribution in [2.24, 2.45) is 12.8 Å². The molecule has 0 amide bonds. The summed E-state index contributed by atoms with van der Waals surface area (Å²) in [6.07, 6.45) is 3.04. The predicted octanol–water partition coefficient (Wildman–Crippen LogP) is -0.263. The first-order valence-electron chi connectivity index (χ1n) is 5.00. The van der Waals surface area contributed by atoms with E-state index in [1.54, 1.807) is 4.68 Å². The maximum Gasteiger partial charge on any atom is 0.0967 e. The van der Waals surface area contributed by atoms with E-state index in [-0.39, 0.29) is 0 Å². The third kappa shape index (κ3) is 1.93. The van der Waals surface area contributed by atoms with Crippen molar-refractivity contribution in [3.05, 3.63) is 11.9 Å². The van der Waals surface area contributed by atoms with Gasteiger partial charge in [-0.15, -0.1) is 5.10 Å². The van der Waals surface area contributed by atoms with E-state index in [4.69, 9.17) is 5.73 Å². The Morgan fingerprint density at radius 3 is 2.93 bits per heavy atom. The number of aromatic nitrogens is 3. The average Bonchev–Trinajstić information content (AvgIpc) is 2.61. The summed E-state index contributed by atoms with van der Waals surface area (Å²) in [6.45, 7) is 4.05. The van der Waals surface area contributed by atoms with Gasteiger partial charge in [0.15, 0.2) is 0 Å². The van der Waals surface area contributed by atoms with Crippen LogP contribution in [0.15, 0.2) is 6.20 Å². The molecule has 0 spiro atoms. The molecule has 2 atom stereocenters. The van der Waals surface area contributed by atoms with Gasteiger partial charge < -0.3 is 5.73 Å². The van der Waals surface area contributed by atoms with Crippen LogP contribution in [-0.4, -0.2) is 38.5 Å². The van der Waals surface area contributed by atoms with E-state index < -0.39 is 0 Å². The van der Waals surface area contributed by atoms with Crippen LogP contribution < -0.4 is 5.73 Å². The highest BCUT2D eigenvalue weighted by Crippen LogP contribution is 2.17. The Morgan fingerprint density at radius 2 is 2.43 bits per heavy atom. The Hall–Kier alpha value is -0.940. The van der Waals surface area contributed by atoms with Crippen molar-refractivity contribution in [3.63, 3.8) is 0 Å². The third-order valence-corrected chi connectivity index (χ3v) is 2.75. The maximum atomic E-state index is 5.89. The summed E-state index contributed by atoms with van der Waals surface area (Å²) in [5.41, 5.74) is 6.91. The van der Waals surface area contributed by atoms with Gasteiger partial charge in [0.2, 0.25) is 0 Å². The van der Waals surface area contributed by atoms with Gasteiger partial charge in [0.1, 0.15) is 0 Å². The highest BCUT2D eigenvalue weighted by molar-refractivity contribution is 4.95. The highest BCUT2D eigenvalue weighted by atomic mass is 15.4. The molecule has 2 unspecified atom stereocenters. The van der Waals surface area contributed by atoms with Crippen LogP contribution in [0, 0.1) is 0 Å². The van der Waals surface area contributed by atoms with Crippen LogP contribution in [0.25, 0.3) is 0 Å². The standard InChI is InChI=1S/C9H17N5/c1-7-3-8(10)4-14(7)6-9-5-13(2)12-11-9/h5,7-8H,3-4,6,10H2,1-2H3. The van der Waals surface area contributed by atoms with Crippen molar-refractivity contribution < 1.29 is 0 Å². The van der Waals surface area contributed by atoms with Gasteiger partial charge in [0.25, 0.3) is 0 Å². The fourth-order valence-corrected chi connectivity index (χ4v) is 2.04. The first-order valence-corrected chi connectivity index (χ1v) is 5.00. The van der Waals surface area contributed by atoms with Crippen LogP contribution in [0.3, 0.4) is 0 Å². The van der Waals surface area contributed by atoms with Gasteiger partial charge in [-0.1, -0.05) is 5.21 Å². The van der Waals surface area contributed by atoms with E-state index in [2.05, 4.69) is 22.1 Å². The normalized spacial score (nSPS) is 28.5. The van der Waals surface area contributed by atoms with Crippen LogP contribution in [-0.2, 0) is 13.6 Å². The van der Waals surface area contributed by atoms with Crippen molar-refractivity contribution in [1.29, 1.82) is 0 Å². The summed E-state index contributed by atoms with van der Waals surface area (Å²) in [5.74, 6) is 0. The number of aryl methyl sites for hydroxylation is 1. The van der Waals surface area contributed by atoms with Gasteiger partial charge in [0, 0.05) is 38.4 Å². The predicted molar refractivity (Wildman–Crippen MR) is 53.5 cm³/mol. The molecular weight excluding hydrogens is 178 g/mol. The molecule has 0 bridgehead atoms. The zero-order chi connectivity index (χ0) is 10.1. The fraction of sp³-hybridized carbons (Fsp3) is 0.778. The molecule has 1 saturated heterocycles. The lowest BCUT2D eigenvalue weighted by Gasteiger charge is -2.18. The summed E-state index contributed by atoms with van der Waals surface area (Å²) in [4.78, 5) is 2.36. The molecule has 0 aliphatic carbocycles. The molecule has 14 heavy (non-hydrogen) atoms. The molecule has 0 saturated carbocycles. The molecule has 78 valence electrons. The lowest BCUT2D eigenvalue weighted by molar-refractivity contribution is 0.255. The van der Waals surface area contributed by atoms with Gasteiger partial charge in [0.05, 0.1) is 5.69 Å². The fourth-order valence-electron chi connectivity index (χ4n) is 2.04. The first-order chi connectivity index (χ1) is 6.65. The van der Waals surface area contributed by atoms with Gasteiger partial charge >= 0.3 is 0 Å². The molecule has 5 nitrogen and oxygen atoms in total. The first kappa shape index (κ1) is 9.61. The van der Waals surface area contributed by atoms with Crippen LogP contribution in [0.2, 0.25) is 0 Å². The summed E-state index contributed by atoms with van der Waals surface area (Å²) in [6, 6.07) is 0.883. The highest BCUT2D eigenvalue weighted by Gasteiger charge is 2.26. The van der Waals surface area contributed by atoms with Crippen molar-refractivity contribution in [2.45, 2.75) is 32.0 Å². The Bertz CT molecular complexity index is 308. The van der Waals surface area contributed by atoms with Crippen LogP contribution in [0.5, 0.6) is 0 Å². The smallest absolute Gasteiger partial charge is 0.0967 e. The molecule has 5 heteroatoms. The number of rotatable bonds is 2. The van der Waals surface area contributed by atoms with Crippen LogP contribution in [0.4, 0.5) is 0 Å². The van der Waals surface area contributed by atoms with E-state index in [0.29, 0.717) is 12.1 Å². The van der Waals surface area contributed by atoms with E-state index in [0.717, 1.165) is 25.2 Å². The molecule has 2 rings (SSSR count). The Morgan fingerprint density at radius 1 is 1.64 bits per heavy atom. The van der Waals surface area contributed by atoms with Crippen molar-refractivity contribution in [1.82, 2.24) is 19.9 Å². The largest absolute Gasteiger partial charge is 0.326 e. The maximum absolute atomic E-state index is 5.89. The molecule has 1 aromatic rings. The van der Waals surface area contributed by atoms with Crippen molar-refractivity contribution in [2.75, 3.05) is 6.54 Å². The SMILES string of the molecule is CC1CC(N)CN1Cc1cn(C)nn1. The van der Waals surface area contributed by atoms with Gasteiger partial charge in [-0.2, -0.15) is 0 Å². The topological polar surface area (TPSA) is 60.0 Å². The third-order valence-electron chi connectivity index (χ3n) is 2.75. The Balaban J connectivity index is 1.98. The number of hydrogen-bond acceptors (Lipinski definition) is 4.